The highest BCUT2D eigenvalue weighted by molar-refractivity contribution is 5.84. The van der Waals surface area contributed by atoms with E-state index in [9.17, 15) is 14.7 Å². The molecule has 6 heteroatoms. The Morgan fingerprint density at radius 1 is 1.00 bits per heavy atom. The summed E-state index contributed by atoms with van der Waals surface area (Å²) in [6.07, 6.45) is 0.567. The fourth-order valence-electron chi connectivity index (χ4n) is 2.40. The molecule has 2 aromatic rings. The van der Waals surface area contributed by atoms with Gasteiger partial charge < -0.3 is 10.4 Å². The van der Waals surface area contributed by atoms with E-state index in [1.165, 1.54) is 0 Å². The lowest BCUT2D eigenvalue weighted by molar-refractivity contribution is -0.128. The molecular formula is C19H23N3O3. The summed E-state index contributed by atoms with van der Waals surface area (Å²) in [5.41, 5.74) is 8.53. The molecule has 0 fully saturated rings. The van der Waals surface area contributed by atoms with E-state index in [2.05, 4.69) is 16.2 Å². The molecule has 0 aliphatic rings. The summed E-state index contributed by atoms with van der Waals surface area (Å²) in [6, 6.07) is 12.8. The smallest absolute Gasteiger partial charge is 0.257 e. The van der Waals surface area contributed by atoms with Gasteiger partial charge in [0.15, 0.2) is 0 Å². The van der Waals surface area contributed by atoms with Crippen molar-refractivity contribution in [1.29, 1.82) is 0 Å². The maximum Gasteiger partial charge on any atom is 0.257 e. The molecule has 0 saturated heterocycles. The highest BCUT2D eigenvalue weighted by Crippen LogP contribution is 2.17. The van der Waals surface area contributed by atoms with E-state index in [4.69, 9.17) is 0 Å². The Balaban J connectivity index is 1.70. The van der Waals surface area contributed by atoms with Crippen LogP contribution < -0.4 is 16.2 Å². The molecule has 0 heterocycles. The van der Waals surface area contributed by atoms with E-state index < -0.39 is 0 Å². The van der Waals surface area contributed by atoms with Gasteiger partial charge in [-0.25, -0.2) is 0 Å². The second-order valence-corrected chi connectivity index (χ2v) is 5.90. The normalized spacial score (nSPS) is 10.2. The van der Waals surface area contributed by atoms with Crippen molar-refractivity contribution in [2.24, 2.45) is 0 Å². The molecule has 4 N–H and O–H groups in total. The lowest BCUT2D eigenvalue weighted by Crippen LogP contribution is -2.44. The van der Waals surface area contributed by atoms with Gasteiger partial charge in [-0.3, -0.25) is 20.4 Å². The predicted octanol–water partition coefficient (Wildman–Crippen LogP) is 2.20. The number of nitrogens with one attached hydrogen (secondary N) is 3. The van der Waals surface area contributed by atoms with E-state index in [1.54, 1.807) is 24.3 Å². The quantitative estimate of drug-likeness (QED) is 0.606. The van der Waals surface area contributed by atoms with Crippen LogP contribution in [-0.2, 0) is 16.0 Å². The minimum Gasteiger partial charge on any atom is -0.508 e. The van der Waals surface area contributed by atoms with Gasteiger partial charge >= 0.3 is 0 Å². The molecule has 0 aliphatic heterocycles. The van der Waals surface area contributed by atoms with Crippen LogP contribution in [0.1, 0.15) is 23.1 Å². The SMILES string of the molecule is Cc1ccc(NCC(=O)NNC(=O)CCc2ccccc2O)c(C)c1. The molecule has 2 amide bonds. The first-order valence-corrected chi connectivity index (χ1v) is 8.11. The summed E-state index contributed by atoms with van der Waals surface area (Å²) >= 11 is 0. The number of carbonyl (C=O) groups excluding carboxylic acids is 2. The average Bonchev–Trinajstić information content (AvgIpc) is 2.58. The largest absolute Gasteiger partial charge is 0.508 e. The number of para-hydroxylation sites is 1. The Labute approximate surface area is 147 Å². The van der Waals surface area contributed by atoms with Crippen LogP contribution in [0.25, 0.3) is 0 Å². The number of aromatic hydroxyl groups is 1. The number of rotatable bonds is 6. The van der Waals surface area contributed by atoms with Gasteiger partial charge in [-0.05, 0) is 43.5 Å². The molecule has 0 unspecified atom stereocenters. The first-order valence-electron chi connectivity index (χ1n) is 8.11. The van der Waals surface area contributed by atoms with Gasteiger partial charge in [0.05, 0.1) is 6.54 Å². The van der Waals surface area contributed by atoms with Crippen LogP contribution in [0.5, 0.6) is 5.75 Å². The van der Waals surface area contributed by atoms with E-state index in [0.717, 1.165) is 16.8 Å². The van der Waals surface area contributed by atoms with Crippen molar-refractivity contribution in [2.75, 3.05) is 11.9 Å². The molecule has 0 aromatic heterocycles. The molecule has 132 valence electrons. The standard InChI is InChI=1S/C19H23N3O3/c1-13-7-9-16(14(2)11-13)20-12-19(25)22-21-18(24)10-8-15-5-3-4-6-17(15)23/h3-7,9,11,20,23H,8,10,12H2,1-2H3,(H,21,24)(H,22,25). The summed E-state index contributed by atoms with van der Waals surface area (Å²) < 4.78 is 0. The number of anilines is 1. The van der Waals surface area contributed by atoms with Crippen molar-refractivity contribution in [3.8, 4) is 5.75 Å². The van der Waals surface area contributed by atoms with Crippen molar-refractivity contribution >= 4 is 17.5 Å². The third kappa shape index (κ3) is 5.84. The number of hydrazine groups is 1. The van der Waals surface area contributed by atoms with Crippen LogP contribution >= 0.6 is 0 Å². The zero-order chi connectivity index (χ0) is 18.2. The summed E-state index contributed by atoms with van der Waals surface area (Å²) in [7, 11) is 0. The van der Waals surface area contributed by atoms with Crippen LogP contribution in [0.2, 0.25) is 0 Å². The number of aryl methyl sites for hydroxylation is 3. The zero-order valence-corrected chi connectivity index (χ0v) is 14.4. The minimum atomic E-state index is -0.337. The Morgan fingerprint density at radius 3 is 2.44 bits per heavy atom. The summed E-state index contributed by atoms with van der Waals surface area (Å²) in [4.78, 5) is 23.6. The first-order chi connectivity index (χ1) is 12.0. The van der Waals surface area contributed by atoms with E-state index in [-0.39, 0.29) is 30.5 Å². The monoisotopic (exact) mass is 341 g/mol. The molecule has 0 atom stereocenters. The van der Waals surface area contributed by atoms with Gasteiger partial charge in [-0.15, -0.1) is 0 Å². The van der Waals surface area contributed by atoms with Gasteiger partial charge in [0, 0.05) is 12.1 Å². The summed E-state index contributed by atoms with van der Waals surface area (Å²) in [5, 5.41) is 12.7. The van der Waals surface area contributed by atoms with Crippen molar-refractivity contribution in [2.45, 2.75) is 26.7 Å². The van der Waals surface area contributed by atoms with E-state index in [1.807, 2.05) is 32.0 Å². The predicted molar refractivity (Wildman–Crippen MR) is 97.1 cm³/mol. The number of phenols is 1. The Bertz CT molecular complexity index is 759. The Hall–Kier alpha value is -3.02. The van der Waals surface area contributed by atoms with Gasteiger partial charge in [-0.2, -0.15) is 0 Å². The molecule has 0 saturated carbocycles. The van der Waals surface area contributed by atoms with Crippen LogP contribution in [0.4, 0.5) is 5.69 Å². The molecule has 0 aliphatic carbocycles. The van der Waals surface area contributed by atoms with E-state index in [0.29, 0.717) is 12.0 Å². The molecule has 0 radical (unpaired) electrons. The average molecular weight is 341 g/mol. The summed E-state index contributed by atoms with van der Waals surface area (Å²) in [5.74, 6) is -0.490. The van der Waals surface area contributed by atoms with Crippen molar-refractivity contribution in [3.63, 3.8) is 0 Å². The van der Waals surface area contributed by atoms with Crippen molar-refractivity contribution in [3.05, 3.63) is 59.2 Å². The number of benzene rings is 2. The fourth-order valence-corrected chi connectivity index (χ4v) is 2.40. The third-order valence-corrected chi connectivity index (χ3v) is 3.78. The highest BCUT2D eigenvalue weighted by atomic mass is 16.3. The molecule has 2 aromatic carbocycles. The van der Waals surface area contributed by atoms with Crippen LogP contribution in [0.3, 0.4) is 0 Å². The summed E-state index contributed by atoms with van der Waals surface area (Å²) in [6.45, 7) is 4.03. The molecule has 0 spiro atoms. The van der Waals surface area contributed by atoms with Crippen LogP contribution in [0.15, 0.2) is 42.5 Å². The fraction of sp³-hybridized carbons (Fsp3) is 0.263. The van der Waals surface area contributed by atoms with Gasteiger partial charge in [0.2, 0.25) is 5.91 Å². The first kappa shape index (κ1) is 18.3. The number of carbonyl (C=O) groups is 2. The van der Waals surface area contributed by atoms with Gasteiger partial charge in [0.25, 0.3) is 5.91 Å². The number of amides is 2. The lowest BCUT2D eigenvalue weighted by atomic mass is 10.1. The number of hydrogen-bond donors (Lipinski definition) is 4. The number of phenolic OH excluding ortho intramolecular Hbond substituents is 1. The Kier molecular flexibility index (Phi) is 6.39. The van der Waals surface area contributed by atoms with Gasteiger partial charge in [-0.1, -0.05) is 35.9 Å². The molecule has 25 heavy (non-hydrogen) atoms. The Morgan fingerprint density at radius 2 is 1.72 bits per heavy atom. The third-order valence-electron chi connectivity index (χ3n) is 3.78. The van der Waals surface area contributed by atoms with Crippen LogP contribution in [0, 0.1) is 13.8 Å². The molecular weight excluding hydrogens is 318 g/mol. The molecule has 0 bridgehead atoms. The second-order valence-electron chi connectivity index (χ2n) is 5.90. The van der Waals surface area contributed by atoms with Crippen molar-refractivity contribution < 1.29 is 14.7 Å². The number of hydrogen-bond acceptors (Lipinski definition) is 4. The minimum absolute atomic E-state index is 0.0592. The molecule has 2 rings (SSSR count). The van der Waals surface area contributed by atoms with E-state index >= 15 is 0 Å². The lowest BCUT2D eigenvalue weighted by Gasteiger charge is -2.11. The maximum atomic E-state index is 11.8. The maximum absolute atomic E-state index is 11.8. The zero-order valence-electron chi connectivity index (χ0n) is 14.4. The molecule has 6 nitrogen and oxygen atoms in total. The highest BCUT2D eigenvalue weighted by Gasteiger charge is 2.07. The topological polar surface area (TPSA) is 90.5 Å². The van der Waals surface area contributed by atoms with Crippen LogP contribution in [-0.4, -0.2) is 23.5 Å². The van der Waals surface area contributed by atoms with Gasteiger partial charge in [0.1, 0.15) is 5.75 Å². The second kappa shape index (κ2) is 8.73. The van der Waals surface area contributed by atoms with Crippen molar-refractivity contribution in [1.82, 2.24) is 10.9 Å².